The topological polar surface area (TPSA) is 3.24 Å². The van der Waals surface area contributed by atoms with Crippen LogP contribution < -0.4 is 0 Å². The molecule has 1 saturated carbocycles. The van der Waals surface area contributed by atoms with E-state index in [0.29, 0.717) is 0 Å². The molecule has 1 aromatic rings. The molecule has 134 valence electrons. The van der Waals surface area contributed by atoms with Gasteiger partial charge in [-0.2, -0.15) is 13.2 Å². The molecule has 0 saturated heterocycles. The van der Waals surface area contributed by atoms with Crippen molar-refractivity contribution in [1.82, 2.24) is 4.90 Å². The third-order valence-corrected chi connectivity index (χ3v) is 5.10. The average Bonchev–Trinajstić information content (AvgIpc) is 2.56. The van der Waals surface area contributed by atoms with Crippen LogP contribution in [-0.2, 0) is 6.18 Å². The fourth-order valence-electron chi connectivity index (χ4n) is 3.77. The lowest BCUT2D eigenvalue weighted by atomic mass is 9.88. The Labute approximate surface area is 148 Å². The Balaban J connectivity index is 0.00000208. The summed E-state index contributed by atoms with van der Waals surface area (Å²) in [5, 5.41) is 0. The zero-order chi connectivity index (χ0) is 16.3. The molecule has 2 aliphatic rings. The average molecular weight is 360 g/mol. The van der Waals surface area contributed by atoms with Gasteiger partial charge in [-0.1, -0.05) is 37.5 Å². The number of hydrogen-bond donors (Lipinski definition) is 0. The van der Waals surface area contributed by atoms with E-state index in [9.17, 15) is 13.2 Å². The molecule has 0 spiro atoms. The maximum atomic E-state index is 12.8. The minimum Gasteiger partial charge on any atom is -0.299 e. The van der Waals surface area contributed by atoms with Crippen molar-refractivity contribution in [2.45, 2.75) is 44.7 Å². The van der Waals surface area contributed by atoms with Crippen molar-refractivity contribution in [1.29, 1.82) is 0 Å². The van der Waals surface area contributed by atoms with Crippen molar-refractivity contribution in [2.75, 3.05) is 19.6 Å². The van der Waals surface area contributed by atoms with Crippen LogP contribution in [-0.4, -0.2) is 24.5 Å². The minimum atomic E-state index is -4.27. The van der Waals surface area contributed by atoms with Crippen LogP contribution in [0.15, 0.2) is 30.3 Å². The van der Waals surface area contributed by atoms with E-state index >= 15 is 0 Å². The summed E-state index contributed by atoms with van der Waals surface area (Å²) in [6.45, 7) is 2.97. The molecule has 0 amide bonds. The molecule has 0 radical (unpaired) electrons. The van der Waals surface area contributed by atoms with E-state index < -0.39 is 11.7 Å². The maximum absolute atomic E-state index is 12.8. The summed E-state index contributed by atoms with van der Waals surface area (Å²) in [6.07, 6.45) is 5.43. The van der Waals surface area contributed by atoms with Gasteiger partial charge in [-0.25, -0.2) is 0 Å². The van der Waals surface area contributed by atoms with Crippen LogP contribution in [0, 0.1) is 5.92 Å². The Hall–Kier alpha value is -1.00. The molecule has 0 aromatic heterocycles. The summed E-state index contributed by atoms with van der Waals surface area (Å²) in [4.78, 5) is 2.45. The fourth-order valence-corrected chi connectivity index (χ4v) is 3.77. The van der Waals surface area contributed by atoms with Crippen molar-refractivity contribution < 1.29 is 13.2 Å². The van der Waals surface area contributed by atoms with Crippen LogP contribution in [0.2, 0.25) is 0 Å². The molecule has 1 aliphatic heterocycles. The zero-order valence-electron chi connectivity index (χ0n) is 13.8. The molecule has 24 heavy (non-hydrogen) atoms. The second kappa shape index (κ2) is 8.39. The van der Waals surface area contributed by atoms with Gasteiger partial charge in [0.15, 0.2) is 0 Å². The summed E-state index contributed by atoms with van der Waals surface area (Å²) in [6, 6.07) is 5.72. The molecule has 0 bridgehead atoms. The van der Waals surface area contributed by atoms with Crippen LogP contribution >= 0.6 is 12.4 Å². The normalized spacial score (nSPS) is 20.4. The third-order valence-electron chi connectivity index (χ3n) is 5.10. The van der Waals surface area contributed by atoms with Crippen LogP contribution in [0.4, 0.5) is 13.2 Å². The first kappa shape index (κ1) is 19.3. The molecular weight excluding hydrogens is 335 g/mol. The maximum Gasteiger partial charge on any atom is 0.416 e. The lowest BCUT2D eigenvalue weighted by molar-refractivity contribution is -0.137. The fraction of sp³-hybridized carbons (Fsp3) is 0.579. The summed E-state index contributed by atoms with van der Waals surface area (Å²) >= 11 is 0. The van der Waals surface area contributed by atoms with Gasteiger partial charge in [-0.05, 0) is 48.4 Å². The van der Waals surface area contributed by atoms with Crippen LogP contribution in [0.1, 0.15) is 49.7 Å². The SMILES string of the molecule is Cl.FC(F)(F)c1cccc(C2=CCN(CC3CCCCC3)CC2)c1. The minimum absolute atomic E-state index is 0. The van der Waals surface area contributed by atoms with E-state index in [1.807, 2.05) is 0 Å². The van der Waals surface area contributed by atoms with E-state index in [1.165, 1.54) is 44.2 Å². The van der Waals surface area contributed by atoms with E-state index in [-0.39, 0.29) is 12.4 Å². The van der Waals surface area contributed by atoms with E-state index in [2.05, 4.69) is 11.0 Å². The predicted molar refractivity (Wildman–Crippen MR) is 94.3 cm³/mol. The Kier molecular flexibility index (Phi) is 6.76. The van der Waals surface area contributed by atoms with Gasteiger partial charge in [0.1, 0.15) is 0 Å². The van der Waals surface area contributed by atoms with Gasteiger partial charge in [0.2, 0.25) is 0 Å². The number of hydrogen-bond acceptors (Lipinski definition) is 1. The Morgan fingerprint density at radius 1 is 1.08 bits per heavy atom. The van der Waals surface area contributed by atoms with Crippen LogP contribution in [0.5, 0.6) is 0 Å². The number of halogens is 4. The Bertz CT molecular complexity index is 562. The predicted octanol–water partition coefficient (Wildman–Crippen LogP) is 5.80. The van der Waals surface area contributed by atoms with Gasteiger partial charge < -0.3 is 0 Å². The third kappa shape index (κ3) is 5.00. The summed E-state index contributed by atoms with van der Waals surface area (Å²) in [5.41, 5.74) is 1.22. The smallest absolute Gasteiger partial charge is 0.299 e. The lowest BCUT2D eigenvalue weighted by Gasteiger charge is -2.32. The second-order valence-corrected chi connectivity index (χ2v) is 6.82. The van der Waals surface area contributed by atoms with Crippen LogP contribution in [0.25, 0.3) is 5.57 Å². The van der Waals surface area contributed by atoms with Crippen LogP contribution in [0.3, 0.4) is 0 Å². The van der Waals surface area contributed by atoms with E-state index in [4.69, 9.17) is 0 Å². The molecular formula is C19H25ClF3N. The Morgan fingerprint density at radius 2 is 1.83 bits per heavy atom. The quantitative estimate of drug-likeness (QED) is 0.659. The van der Waals surface area contributed by atoms with E-state index in [0.717, 1.165) is 49.2 Å². The highest BCUT2D eigenvalue weighted by Gasteiger charge is 2.30. The monoisotopic (exact) mass is 359 g/mol. The van der Waals surface area contributed by atoms with Crippen molar-refractivity contribution in [3.05, 3.63) is 41.5 Å². The molecule has 0 atom stereocenters. The molecule has 3 rings (SSSR count). The molecule has 1 aromatic carbocycles. The van der Waals surface area contributed by atoms with Crippen molar-refractivity contribution in [3.8, 4) is 0 Å². The van der Waals surface area contributed by atoms with Crippen molar-refractivity contribution in [3.63, 3.8) is 0 Å². The molecule has 1 nitrogen and oxygen atoms in total. The molecule has 1 fully saturated rings. The molecule has 0 N–H and O–H groups in total. The lowest BCUT2D eigenvalue weighted by Crippen LogP contribution is -2.34. The van der Waals surface area contributed by atoms with Crippen molar-refractivity contribution >= 4 is 18.0 Å². The standard InChI is InChI=1S/C19H24F3N.ClH/c20-19(21,22)18-8-4-7-17(13-18)16-9-11-23(12-10-16)14-15-5-2-1-3-6-15;/h4,7-9,13,15H,1-3,5-6,10-12,14H2;1H. The van der Waals surface area contributed by atoms with Gasteiger partial charge >= 0.3 is 6.18 Å². The first-order valence-corrected chi connectivity index (χ1v) is 8.61. The highest BCUT2D eigenvalue weighted by atomic mass is 35.5. The molecule has 1 heterocycles. The van der Waals surface area contributed by atoms with Gasteiger partial charge in [-0.3, -0.25) is 4.90 Å². The first-order valence-electron chi connectivity index (χ1n) is 8.61. The first-order chi connectivity index (χ1) is 11.0. The largest absolute Gasteiger partial charge is 0.416 e. The van der Waals surface area contributed by atoms with Gasteiger partial charge in [0.25, 0.3) is 0 Å². The van der Waals surface area contributed by atoms with Gasteiger partial charge in [0.05, 0.1) is 5.56 Å². The number of benzene rings is 1. The number of rotatable bonds is 3. The van der Waals surface area contributed by atoms with Crippen molar-refractivity contribution in [2.24, 2.45) is 5.92 Å². The Morgan fingerprint density at radius 3 is 2.46 bits per heavy atom. The molecule has 5 heteroatoms. The highest BCUT2D eigenvalue weighted by molar-refractivity contribution is 5.85. The zero-order valence-corrected chi connectivity index (χ0v) is 14.6. The summed E-state index contributed by atoms with van der Waals surface area (Å²) in [7, 11) is 0. The summed E-state index contributed by atoms with van der Waals surface area (Å²) in [5.74, 6) is 0.812. The van der Waals surface area contributed by atoms with E-state index in [1.54, 1.807) is 6.07 Å². The van der Waals surface area contributed by atoms with Gasteiger partial charge in [-0.15, -0.1) is 12.4 Å². The number of nitrogens with zero attached hydrogens (tertiary/aromatic N) is 1. The second-order valence-electron chi connectivity index (χ2n) is 6.82. The van der Waals surface area contributed by atoms with Gasteiger partial charge in [0, 0.05) is 19.6 Å². The highest BCUT2D eigenvalue weighted by Crippen LogP contribution is 2.32. The number of alkyl halides is 3. The molecule has 1 aliphatic carbocycles. The summed E-state index contributed by atoms with van der Waals surface area (Å²) < 4.78 is 38.5. The molecule has 0 unspecified atom stereocenters.